The summed E-state index contributed by atoms with van der Waals surface area (Å²) in [6, 6.07) is 11.8. The molecular weight excluding hydrogens is 379 g/mol. The number of fused-ring (bicyclic) bond motifs is 3. The molecule has 0 amide bonds. The lowest BCUT2D eigenvalue weighted by atomic mass is 9.92. The molecule has 3 aromatic rings. The minimum Gasteiger partial charge on any atom is -0.390 e. The van der Waals surface area contributed by atoms with E-state index in [0.717, 1.165) is 34.9 Å². The Morgan fingerprint density at radius 2 is 1.44 bits per heavy atom. The smallest absolute Gasteiger partial charge is 0.0845 e. The Balaban J connectivity index is 1.64. The van der Waals surface area contributed by atoms with Gasteiger partial charge in [-0.15, -0.1) is 0 Å². The van der Waals surface area contributed by atoms with Crippen molar-refractivity contribution in [3.63, 3.8) is 0 Å². The van der Waals surface area contributed by atoms with E-state index in [2.05, 4.69) is 23.3 Å². The first kappa shape index (κ1) is 19.1. The minimum atomic E-state index is -0.423. The first-order valence-corrected chi connectivity index (χ1v) is 10.4. The van der Waals surface area contributed by atoms with Crippen molar-refractivity contribution >= 4 is 45.0 Å². The Morgan fingerprint density at radius 1 is 0.926 bits per heavy atom. The molecule has 1 aliphatic rings. The van der Waals surface area contributed by atoms with Gasteiger partial charge < -0.3 is 14.6 Å². The van der Waals surface area contributed by atoms with Crippen LogP contribution in [-0.2, 0) is 6.54 Å². The molecule has 0 radical (unpaired) electrons. The molecule has 1 N–H and O–H groups in total. The van der Waals surface area contributed by atoms with Crippen LogP contribution in [0.15, 0.2) is 36.4 Å². The maximum absolute atomic E-state index is 10.9. The van der Waals surface area contributed by atoms with Crippen LogP contribution in [0.3, 0.4) is 0 Å². The van der Waals surface area contributed by atoms with E-state index in [1.807, 2.05) is 36.4 Å². The number of hydrogen-bond donors (Lipinski definition) is 1. The fourth-order valence-corrected chi connectivity index (χ4v) is 5.10. The monoisotopic (exact) mass is 404 g/mol. The molecule has 2 heterocycles. The Labute approximate surface area is 170 Å². The maximum atomic E-state index is 10.9. The molecule has 1 aromatic heterocycles. The number of likely N-dealkylation sites (tertiary alicyclic amines) is 1. The van der Waals surface area contributed by atoms with Crippen LogP contribution in [0.25, 0.3) is 21.8 Å². The van der Waals surface area contributed by atoms with Gasteiger partial charge in [0, 0.05) is 51.5 Å². The van der Waals surface area contributed by atoms with Gasteiger partial charge in [0.2, 0.25) is 0 Å². The average Bonchev–Trinajstić information content (AvgIpc) is 2.86. The molecule has 0 saturated carbocycles. The van der Waals surface area contributed by atoms with E-state index in [9.17, 15) is 5.11 Å². The zero-order chi connectivity index (χ0) is 19.1. The molecular formula is C22H26Cl2N2O. The van der Waals surface area contributed by atoms with Crippen LogP contribution >= 0.6 is 23.2 Å². The molecule has 4 rings (SSSR count). The summed E-state index contributed by atoms with van der Waals surface area (Å²) >= 11 is 12.5. The highest BCUT2D eigenvalue weighted by Gasteiger charge is 2.24. The predicted octanol–water partition coefficient (Wildman–Crippen LogP) is 5.44. The standard InChI is InChI=1S/C22H26Cl2N2O/c1-14-7-15(2)11-25(10-14)12-18(27)13-26-21-5-3-16(23)8-19(21)20-9-17(24)4-6-22(20)26/h3-6,8-9,14-15,18,27H,7,10-13H2,1-2H3. The first-order valence-electron chi connectivity index (χ1n) is 9.68. The van der Waals surface area contributed by atoms with Crippen molar-refractivity contribution in [1.82, 2.24) is 9.47 Å². The number of rotatable bonds is 4. The van der Waals surface area contributed by atoms with Crippen molar-refractivity contribution in [3.05, 3.63) is 46.4 Å². The fourth-order valence-electron chi connectivity index (χ4n) is 4.75. The average molecular weight is 405 g/mol. The quantitative estimate of drug-likeness (QED) is 0.626. The Hall–Kier alpha value is -1.26. The number of piperidine rings is 1. The second-order valence-corrected chi connectivity index (χ2v) is 9.12. The highest BCUT2D eigenvalue weighted by Crippen LogP contribution is 2.33. The topological polar surface area (TPSA) is 28.4 Å². The number of benzene rings is 2. The lowest BCUT2D eigenvalue weighted by Gasteiger charge is -2.36. The van der Waals surface area contributed by atoms with Gasteiger partial charge in [0.15, 0.2) is 0 Å². The Morgan fingerprint density at radius 3 is 1.96 bits per heavy atom. The molecule has 27 heavy (non-hydrogen) atoms. The van der Waals surface area contributed by atoms with Crippen molar-refractivity contribution in [3.8, 4) is 0 Å². The predicted molar refractivity (Wildman–Crippen MR) is 115 cm³/mol. The first-order chi connectivity index (χ1) is 12.9. The number of nitrogens with zero attached hydrogens (tertiary/aromatic N) is 2. The summed E-state index contributed by atoms with van der Waals surface area (Å²) in [4.78, 5) is 2.41. The summed E-state index contributed by atoms with van der Waals surface area (Å²) in [5.41, 5.74) is 2.16. The van der Waals surface area contributed by atoms with E-state index in [4.69, 9.17) is 23.2 Å². The molecule has 3 atom stereocenters. The second kappa shape index (κ2) is 7.63. The van der Waals surface area contributed by atoms with Gasteiger partial charge in [0.1, 0.15) is 0 Å². The number of hydrogen-bond acceptors (Lipinski definition) is 2. The number of aromatic nitrogens is 1. The van der Waals surface area contributed by atoms with Gasteiger partial charge in [-0.3, -0.25) is 0 Å². The Bertz CT molecular complexity index is 899. The summed E-state index contributed by atoms with van der Waals surface area (Å²) < 4.78 is 2.19. The maximum Gasteiger partial charge on any atom is 0.0845 e. The van der Waals surface area contributed by atoms with E-state index >= 15 is 0 Å². The van der Waals surface area contributed by atoms with Gasteiger partial charge in [0.25, 0.3) is 0 Å². The summed E-state index contributed by atoms with van der Waals surface area (Å²) in [5.74, 6) is 1.39. The van der Waals surface area contributed by atoms with E-state index in [1.165, 1.54) is 6.42 Å². The van der Waals surface area contributed by atoms with Crippen LogP contribution in [-0.4, -0.2) is 40.3 Å². The molecule has 0 bridgehead atoms. The van der Waals surface area contributed by atoms with Gasteiger partial charge in [-0.05, 0) is 54.7 Å². The number of aliphatic hydroxyl groups is 1. The fraction of sp³-hybridized carbons (Fsp3) is 0.455. The molecule has 144 valence electrons. The lowest BCUT2D eigenvalue weighted by Crippen LogP contribution is -2.43. The number of β-amino-alcohol motifs (C(OH)–C–C–N with tert-alkyl or cyclic N) is 1. The lowest BCUT2D eigenvalue weighted by molar-refractivity contribution is 0.0626. The molecule has 1 aliphatic heterocycles. The van der Waals surface area contributed by atoms with Crippen molar-refractivity contribution < 1.29 is 5.11 Å². The van der Waals surface area contributed by atoms with Crippen LogP contribution in [0.4, 0.5) is 0 Å². The van der Waals surface area contributed by atoms with Crippen molar-refractivity contribution in [2.24, 2.45) is 11.8 Å². The normalized spacial score (nSPS) is 22.6. The van der Waals surface area contributed by atoms with Crippen LogP contribution in [0, 0.1) is 11.8 Å². The van der Waals surface area contributed by atoms with E-state index in [1.54, 1.807) is 0 Å². The molecule has 3 nitrogen and oxygen atoms in total. The molecule has 0 spiro atoms. The van der Waals surface area contributed by atoms with E-state index in [-0.39, 0.29) is 0 Å². The van der Waals surface area contributed by atoms with Crippen molar-refractivity contribution in [2.75, 3.05) is 19.6 Å². The largest absolute Gasteiger partial charge is 0.390 e. The molecule has 1 saturated heterocycles. The van der Waals surface area contributed by atoms with Gasteiger partial charge in [-0.1, -0.05) is 37.0 Å². The summed E-state index contributed by atoms with van der Waals surface area (Å²) in [5, 5.41) is 14.4. The zero-order valence-corrected chi connectivity index (χ0v) is 17.3. The third kappa shape index (κ3) is 3.97. The van der Waals surface area contributed by atoms with E-state index in [0.29, 0.717) is 35.0 Å². The van der Waals surface area contributed by atoms with E-state index < -0.39 is 6.10 Å². The van der Waals surface area contributed by atoms with Crippen LogP contribution < -0.4 is 0 Å². The summed E-state index contributed by atoms with van der Waals surface area (Å²) in [7, 11) is 0. The minimum absolute atomic E-state index is 0.423. The number of aliphatic hydroxyl groups excluding tert-OH is 1. The molecule has 0 aliphatic carbocycles. The molecule has 5 heteroatoms. The van der Waals surface area contributed by atoms with Gasteiger partial charge in [0.05, 0.1) is 12.6 Å². The van der Waals surface area contributed by atoms with Gasteiger partial charge in [-0.25, -0.2) is 0 Å². The Kier molecular flexibility index (Phi) is 5.39. The third-order valence-electron chi connectivity index (χ3n) is 5.60. The highest BCUT2D eigenvalue weighted by atomic mass is 35.5. The van der Waals surface area contributed by atoms with Crippen LogP contribution in [0.2, 0.25) is 10.0 Å². The van der Waals surface area contributed by atoms with Crippen LogP contribution in [0.5, 0.6) is 0 Å². The molecule has 3 unspecified atom stereocenters. The van der Waals surface area contributed by atoms with Crippen molar-refractivity contribution in [2.45, 2.75) is 32.9 Å². The second-order valence-electron chi connectivity index (χ2n) is 8.25. The highest BCUT2D eigenvalue weighted by molar-refractivity contribution is 6.33. The zero-order valence-electron chi connectivity index (χ0n) is 15.8. The third-order valence-corrected chi connectivity index (χ3v) is 6.07. The van der Waals surface area contributed by atoms with Gasteiger partial charge >= 0.3 is 0 Å². The summed E-state index contributed by atoms with van der Waals surface area (Å²) in [6.45, 7) is 8.00. The SMILES string of the molecule is CC1CC(C)CN(CC(O)Cn2c3ccc(Cl)cc3c3cc(Cl)ccc32)C1. The summed E-state index contributed by atoms with van der Waals surface area (Å²) in [6.07, 6.45) is 0.855. The molecule has 1 fully saturated rings. The molecule has 2 aromatic carbocycles. The van der Waals surface area contributed by atoms with Crippen molar-refractivity contribution in [1.29, 1.82) is 0 Å². The van der Waals surface area contributed by atoms with Gasteiger partial charge in [-0.2, -0.15) is 0 Å². The number of halogens is 2. The van der Waals surface area contributed by atoms with Crippen LogP contribution in [0.1, 0.15) is 20.3 Å².